The number of aryl methyl sites for hydroxylation is 1. The maximum atomic E-state index is 8.67. The van der Waals surface area contributed by atoms with Crippen LogP contribution in [0.4, 0.5) is 0 Å². The Morgan fingerprint density at radius 2 is 2.31 bits per heavy atom. The van der Waals surface area contributed by atoms with Crippen molar-refractivity contribution in [2.45, 2.75) is 25.9 Å². The Balaban J connectivity index is 2.24. The quantitative estimate of drug-likeness (QED) is 0.686. The molecule has 3 nitrogen and oxygen atoms in total. The molecule has 2 rings (SSSR count). The number of hydrogen-bond acceptors (Lipinski definition) is 3. The third-order valence-electron chi connectivity index (χ3n) is 1.87. The molecule has 0 atom stereocenters. The number of nitriles is 1. The van der Waals surface area contributed by atoms with Crippen LogP contribution in [0.3, 0.4) is 0 Å². The number of ether oxygens (including phenoxy) is 1. The summed E-state index contributed by atoms with van der Waals surface area (Å²) in [5.41, 5.74) is 1.25. The number of hydrogen-bond donors (Lipinski definition) is 0. The van der Waals surface area contributed by atoms with Crippen LogP contribution < -0.4 is 4.74 Å². The zero-order chi connectivity index (χ0) is 9.26. The van der Waals surface area contributed by atoms with E-state index in [0.717, 1.165) is 24.3 Å². The molecule has 1 aromatic rings. The summed E-state index contributed by atoms with van der Waals surface area (Å²) in [4.78, 5) is 4.04. The minimum atomic E-state index is 0.369. The van der Waals surface area contributed by atoms with Crippen LogP contribution in [0.5, 0.6) is 5.75 Å². The normalized spacial score (nSPS) is 15.1. The van der Waals surface area contributed by atoms with Crippen molar-refractivity contribution in [1.82, 2.24) is 4.98 Å². The molecule has 1 saturated carbocycles. The summed E-state index contributed by atoms with van der Waals surface area (Å²) in [6.07, 6.45) is 2.63. The summed E-state index contributed by atoms with van der Waals surface area (Å²) in [6, 6.07) is 5.56. The van der Waals surface area contributed by atoms with E-state index in [1.54, 1.807) is 6.07 Å². The molecule has 66 valence electrons. The Morgan fingerprint density at radius 1 is 1.54 bits per heavy atom. The molecule has 3 heteroatoms. The summed E-state index contributed by atoms with van der Waals surface area (Å²) in [5, 5.41) is 8.67. The Morgan fingerprint density at radius 3 is 2.92 bits per heavy atom. The van der Waals surface area contributed by atoms with Gasteiger partial charge in [0.1, 0.15) is 17.5 Å². The molecular formula is C10H10N2O. The van der Waals surface area contributed by atoms with Gasteiger partial charge in [-0.25, -0.2) is 4.98 Å². The van der Waals surface area contributed by atoms with E-state index in [4.69, 9.17) is 10.00 Å². The Bertz CT molecular complexity index is 364. The van der Waals surface area contributed by atoms with Crippen molar-refractivity contribution in [1.29, 1.82) is 5.26 Å². The molecule has 0 radical (unpaired) electrons. The van der Waals surface area contributed by atoms with Gasteiger partial charge in [0.25, 0.3) is 0 Å². The van der Waals surface area contributed by atoms with Crippen LogP contribution in [0.2, 0.25) is 0 Å². The topological polar surface area (TPSA) is 45.9 Å². The first kappa shape index (κ1) is 8.06. The fourth-order valence-electron chi connectivity index (χ4n) is 1.14. The molecule has 0 amide bonds. The molecule has 13 heavy (non-hydrogen) atoms. The van der Waals surface area contributed by atoms with E-state index in [-0.39, 0.29) is 0 Å². The lowest BCUT2D eigenvalue weighted by Crippen LogP contribution is -1.98. The average molecular weight is 174 g/mol. The Hall–Kier alpha value is -1.56. The summed E-state index contributed by atoms with van der Waals surface area (Å²) in [5.74, 6) is 0.770. The second kappa shape index (κ2) is 3.06. The first-order valence-electron chi connectivity index (χ1n) is 4.33. The third kappa shape index (κ3) is 1.97. The van der Waals surface area contributed by atoms with Crippen LogP contribution in [0.1, 0.15) is 24.2 Å². The Kier molecular flexibility index (Phi) is 1.90. The minimum absolute atomic E-state index is 0.369. The summed E-state index contributed by atoms with van der Waals surface area (Å²) < 4.78 is 5.56. The molecule has 0 aromatic carbocycles. The van der Waals surface area contributed by atoms with Crippen molar-refractivity contribution in [3.63, 3.8) is 0 Å². The molecule has 0 N–H and O–H groups in total. The molecular weight excluding hydrogens is 164 g/mol. The van der Waals surface area contributed by atoms with Crippen molar-refractivity contribution in [3.05, 3.63) is 23.5 Å². The van der Waals surface area contributed by atoms with Crippen LogP contribution in [0.25, 0.3) is 0 Å². The lowest BCUT2D eigenvalue weighted by Gasteiger charge is -2.04. The predicted molar refractivity (Wildman–Crippen MR) is 47.3 cm³/mol. The second-order valence-electron chi connectivity index (χ2n) is 3.26. The number of nitrogens with zero attached hydrogens (tertiary/aromatic N) is 2. The zero-order valence-electron chi connectivity index (χ0n) is 7.45. The SMILES string of the molecule is Cc1cc(OC2CC2)cc(C#N)n1. The number of pyridine rings is 1. The molecule has 0 aliphatic heterocycles. The first-order valence-corrected chi connectivity index (χ1v) is 4.33. The predicted octanol–water partition coefficient (Wildman–Crippen LogP) is 1.80. The van der Waals surface area contributed by atoms with Gasteiger partial charge in [-0.15, -0.1) is 0 Å². The summed E-state index contributed by atoms with van der Waals surface area (Å²) in [6.45, 7) is 1.86. The fraction of sp³-hybridized carbons (Fsp3) is 0.400. The smallest absolute Gasteiger partial charge is 0.144 e. The number of aromatic nitrogens is 1. The third-order valence-corrected chi connectivity index (χ3v) is 1.87. The lowest BCUT2D eigenvalue weighted by molar-refractivity contribution is 0.302. The molecule has 0 unspecified atom stereocenters. The van der Waals surface area contributed by atoms with Crippen molar-refractivity contribution in [2.75, 3.05) is 0 Å². The maximum absolute atomic E-state index is 8.67. The van der Waals surface area contributed by atoms with Gasteiger partial charge in [-0.05, 0) is 19.8 Å². The van der Waals surface area contributed by atoms with E-state index >= 15 is 0 Å². The summed E-state index contributed by atoms with van der Waals surface area (Å²) >= 11 is 0. The van der Waals surface area contributed by atoms with Gasteiger partial charge in [0, 0.05) is 17.8 Å². The Labute approximate surface area is 77.0 Å². The highest BCUT2D eigenvalue weighted by Crippen LogP contribution is 2.27. The largest absolute Gasteiger partial charge is 0.490 e. The maximum Gasteiger partial charge on any atom is 0.144 e. The average Bonchev–Trinajstić information content (AvgIpc) is 2.87. The van der Waals surface area contributed by atoms with E-state index in [0.29, 0.717) is 11.8 Å². The van der Waals surface area contributed by atoms with E-state index in [1.165, 1.54) is 0 Å². The van der Waals surface area contributed by atoms with Crippen LogP contribution in [-0.2, 0) is 0 Å². The molecule has 0 spiro atoms. The van der Waals surface area contributed by atoms with Gasteiger partial charge in [0.2, 0.25) is 0 Å². The van der Waals surface area contributed by atoms with Crippen LogP contribution in [-0.4, -0.2) is 11.1 Å². The van der Waals surface area contributed by atoms with Crippen molar-refractivity contribution < 1.29 is 4.74 Å². The van der Waals surface area contributed by atoms with Crippen LogP contribution >= 0.6 is 0 Å². The van der Waals surface area contributed by atoms with E-state index in [1.807, 2.05) is 19.1 Å². The van der Waals surface area contributed by atoms with Gasteiger partial charge in [0.05, 0.1) is 6.10 Å². The molecule has 1 heterocycles. The van der Waals surface area contributed by atoms with Crippen LogP contribution in [0, 0.1) is 18.3 Å². The highest BCUT2D eigenvalue weighted by Gasteiger charge is 2.23. The molecule has 1 aliphatic rings. The van der Waals surface area contributed by atoms with Crippen molar-refractivity contribution in [3.8, 4) is 11.8 Å². The van der Waals surface area contributed by atoms with E-state index in [2.05, 4.69) is 4.98 Å². The first-order chi connectivity index (χ1) is 6.28. The lowest BCUT2D eigenvalue weighted by atomic mass is 10.3. The standard InChI is InChI=1S/C10H10N2O/c1-7-4-10(13-9-2-3-9)5-8(6-11)12-7/h4-5,9H,2-3H2,1H3. The fourth-order valence-corrected chi connectivity index (χ4v) is 1.14. The highest BCUT2D eigenvalue weighted by molar-refractivity contribution is 5.33. The van der Waals surface area contributed by atoms with Crippen molar-refractivity contribution in [2.24, 2.45) is 0 Å². The van der Waals surface area contributed by atoms with Gasteiger partial charge >= 0.3 is 0 Å². The molecule has 1 aromatic heterocycles. The van der Waals surface area contributed by atoms with Gasteiger partial charge in [-0.2, -0.15) is 5.26 Å². The van der Waals surface area contributed by atoms with E-state index < -0.39 is 0 Å². The molecule has 1 fully saturated rings. The van der Waals surface area contributed by atoms with Gasteiger partial charge in [0.15, 0.2) is 0 Å². The minimum Gasteiger partial charge on any atom is -0.490 e. The second-order valence-corrected chi connectivity index (χ2v) is 3.26. The summed E-state index contributed by atoms with van der Waals surface area (Å²) in [7, 11) is 0. The molecule has 1 aliphatic carbocycles. The van der Waals surface area contributed by atoms with Gasteiger partial charge < -0.3 is 4.74 Å². The number of rotatable bonds is 2. The van der Waals surface area contributed by atoms with Gasteiger partial charge in [-0.1, -0.05) is 0 Å². The highest BCUT2D eigenvalue weighted by atomic mass is 16.5. The monoisotopic (exact) mass is 174 g/mol. The van der Waals surface area contributed by atoms with E-state index in [9.17, 15) is 0 Å². The van der Waals surface area contributed by atoms with Crippen molar-refractivity contribution >= 4 is 0 Å². The van der Waals surface area contributed by atoms with Gasteiger partial charge in [-0.3, -0.25) is 0 Å². The molecule has 0 bridgehead atoms. The van der Waals surface area contributed by atoms with Crippen LogP contribution in [0.15, 0.2) is 12.1 Å². The zero-order valence-corrected chi connectivity index (χ0v) is 7.45. The molecule has 0 saturated heterocycles.